The summed E-state index contributed by atoms with van der Waals surface area (Å²) in [5.74, 6) is -0.489. The molecule has 1 heterocycles. The SMILES string of the molecule is CC(C)(CBr)c1c(Cl)ccnc1F. The molecule has 0 aromatic carbocycles. The summed E-state index contributed by atoms with van der Waals surface area (Å²) in [6.07, 6.45) is 1.37. The van der Waals surface area contributed by atoms with Crippen molar-refractivity contribution in [3.8, 4) is 0 Å². The molecule has 0 saturated heterocycles. The summed E-state index contributed by atoms with van der Waals surface area (Å²) >= 11 is 9.21. The van der Waals surface area contributed by atoms with Gasteiger partial charge in [0, 0.05) is 22.5 Å². The van der Waals surface area contributed by atoms with E-state index in [4.69, 9.17) is 11.6 Å². The molecule has 0 bridgehead atoms. The van der Waals surface area contributed by atoms with E-state index in [1.54, 1.807) is 6.07 Å². The Balaban J connectivity index is 3.28. The van der Waals surface area contributed by atoms with E-state index < -0.39 is 5.95 Å². The average Bonchev–Trinajstić information content (AvgIpc) is 2.03. The molecule has 0 amide bonds. The van der Waals surface area contributed by atoms with Gasteiger partial charge in [0.15, 0.2) is 0 Å². The Bertz CT molecular complexity index is 294. The minimum absolute atomic E-state index is 0.338. The van der Waals surface area contributed by atoms with Gasteiger partial charge >= 0.3 is 0 Å². The average molecular weight is 267 g/mol. The molecule has 0 radical (unpaired) electrons. The third-order valence-corrected chi connectivity index (χ3v) is 3.58. The largest absolute Gasteiger partial charge is 0.228 e. The van der Waals surface area contributed by atoms with Crippen LogP contribution < -0.4 is 0 Å². The first-order chi connectivity index (χ1) is 5.99. The van der Waals surface area contributed by atoms with E-state index in [2.05, 4.69) is 20.9 Å². The number of hydrogen-bond acceptors (Lipinski definition) is 1. The number of pyridine rings is 1. The lowest BCUT2D eigenvalue weighted by Gasteiger charge is -2.23. The van der Waals surface area contributed by atoms with E-state index in [0.29, 0.717) is 15.9 Å². The highest BCUT2D eigenvalue weighted by Gasteiger charge is 2.26. The van der Waals surface area contributed by atoms with Crippen LogP contribution in [0.4, 0.5) is 4.39 Å². The minimum atomic E-state index is -0.489. The summed E-state index contributed by atoms with van der Waals surface area (Å²) in [5, 5.41) is 1.07. The van der Waals surface area contributed by atoms with Crippen molar-refractivity contribution in [1.29, 1.82) is 0 Å². The van der Waals surface area contributed by atoms with Crippen molar-refractivity contribution >= 4 is 27.5 Å². The van der Waals surface area contributed by atoms with Crippen molar-refractivity contribution in [3.63, 3.8) is 0 Å². The second-order valence-corrected chi connectivity index (χ2v) is 4.44. The second-order valence-electron chi connectivity index (χ2n) is 3.48. The number of alkyl halides is 1. The van der Waals surface area contributed by atoms with Crippen LogP contribution in [0.5, 0.6) is 0 Å². The first-order valence-electron chi connectivity index (χ1n) is 3.85. The van der Waals surface area contributed by atoms with Gasteiger partial charge in [0.25, 0.3) is 0 Å². The number of aromatic nitrogens is 1. The summed E-state index contributed by atoms with van der Waals surface area (Å²) in [6.45, 7) is 3.82. The van der Waals surface area contributed by atoms with Crippen LogP contribution in [0.3, 0.4) is 0 Å². The highest BCUT2D eigenvalue weighted by Crippen LogP contribution is 2.32. The number of nitrogens with zero attached hydrogens (tertiary/aromatic N) is 1. The van der Waals surface area contributed by atoms with Crippen LogP contribution in [0.2, 0.25) is 5.02 Å². The van der Waals surface area contributed by atoms with Gasteiger partial charge in [0.2, 0.25) is 5.95 Å². The lowest BCUT2D eigenvalue weighted by Crippen LogP contribution is -2.21. The van der Waals surface area contributed by atoms with Crippen LogP contribution in [-0.4, -0.2) is 10.3 Å². The molecule has 4 heteroatoms. The molecule has 0 aliphatic heterocycles. The van der Waals surface area contributed by atoms with Crippen molar-refractivity contribution in [3.05, 3.63) is 28.8 Å². The monoisotopic (exact) mass is 265 g/mol. The predicted molar refractivity (Wildman–Crippen MR) is 56.0 cm³/mol. The van der Waals surface area contributed by atoms with Crippen LogP contribution in [0.25, 0.3) is 0 Å². The maximum Gasteiger partial charge on any atom is 0.218 e. The molecule has 0 saturated carbocycles. The van der Waals surface area contributed by atoms with Crippen molar-refractivity contribution in [1.82, 2.24) is 4.98 Å². The van der Waals surface area contributed by atoms with Gasteiger partial charge in [-0.15, -0.1) is 0 Å². The number of hydrogen-bond donors (Lipinski definition) is 0. The van der Waals surface area contributed by atoms with E-state index in [1.165, 1.54) is 6.20 Å². The maximum atomic E-state index is 13.3. The summed E-state index contributed by atoms with van der Waals surface area (Å²) in [6, 6.07) is 1.60. The molecule has 1 aromatic heterocycles. The van der Waals surface area contributed by atoms with E-state index in [-0.39, 0.29) is 5.41 Å². The molecular formula is C9H10BrClFN. The van der Waals surface area contributed by atoms with Crippen molar-refractivity contribution in [2.75, 3.05) is 5.33 Å². The summed E-state index contributed by atoms with van der Waals surface area (Å²) in [4.78, 5) is 3.58. The van der Waals surface area contributed by atoms with E-state index in [9.17, 15) is 4.39 Å². The zero-order valence-corrected chi connectivity index (χ0v) is 9.78. The molecule has 0 spiro atoms. The van der Waals surface area contributed by atoms with Crippen LogP contribution in [0.15, 0.2) is 12.3 Å². The molecule has 0 unspecified atom stereocenters. The van der Waals surface area contributed by atoms with Crippen molar-refractivity contribution < 1.29 is 4.39 Å². The third kappa shape index (κ3) is 2.20. The Morgan fingerprint density at radius 2 is 2.23 bits per heavy atom. The first kappa shape index (κ1) is 10.9. The van der Waals surface area contributed by atoms with Gasteiger partial charge in [-0.25, -0.2) is 4.98 Å². The highest BCUT2D eigenvalue weighted by atomic mass is 79.9. The van der Waals surface area contributed by atoms with Gasteiger partial charge in [0.05, 0.1) is 5.02 Å². The molecule has 0 aliphatic carbocycles. The standard InChI is InChI=1S/C9H10BrClFN/c1-9(2,5-10)7-6(11)3-4-13-8(7)12/h3-4H,5H2,1-2H3. The molecule has 13 heavy (non-hydrogen) atoms. The summed E-state index contributed by atoms with van der Waals surface area (Å²) in [5.41, 5.74) is 0.128. The zero-order chi connectivity index (χ0) is 10.1. The molecule has 0 aliphatic rings. The van der Waals surface area contributed by atoms with Crippen LogP contribution in [0, 0.1) is 5.95 Å². The Kier molecular flexibility index (Phi) is 3.30. The molecule has 0 atom stereocenters. The Morgan fingerprint density at radius 1 is 1.62 bits per heavy atom. The Hall–Kier alpha value is -0.150. The molecule has 72 valence electrons. The van der Waals surface area contributed by atoms with Gasteiger partial charge in [-0.3, -0.25) is 0 Å². The maximum absolute atomic E-state index is 13.3. The van der Waals surface area contributed by atoms with Crippen LogP contribution in [0.1, 0.15) is 19.4 Å². The van der Waals surface area contributed by atoms with E-state index >= 15 is 0 Å². The van der Waals surface area contributed by atoms with Gasteiger partial charge in [0.1, 0.15) is 0 Å². The lowest BCUT2D eigenvalue weighted by atomic mass is 9.88. The van der Waals surface area contributed by atoms with Crippen LogP contribution >= 0.6 is 27.5 Å². The predicted octanol–water partition coefficient (Wildman–Crippen LogP) is 3.55. The number of rotatable bonds is 2. The highest BCUT2D eigenvalue weighted by molar-refractivity contribution is 9.09. The third-order valence-electron chi connectivity index (χ3n) is 1.86. The van der Waals surface area contributed by atoms with E-state index in [0.717, 1.165) is 0 Å². The fourth-order valence-electron chi connectivity index (χ4n) is 1.08. The normalized spacial score (nSPS) is 11.8. The van der Waals surface area contributed by atoms with E-state index in [1.807, 2.05) is 13.8 Å². The van der Waals surface area contributed by atoms with Crippen LogP contribution in [-0.2, 0) is 5.41 Å². The first-order valence-corrected chi connectivity index (χ1v) is 5.35. The molecule has 1 aromatic rings. The van der Waals surface area contributed by atoms with Crippen molar-refractivity contribution in [2.24, 2.45) is 0 Å². The van der Waals surface area contributed by atoms with Gasteiger partial charge in [-0.1, -0.05) is 41.4 Å². The summed E-state index contributed by atoms with van der Waals surface area (Å²) in [7, 11) is 0. The molecule has 1 nitrogen and oxygen atoms in total. The quantitative estimate of drug-likeness (QED) is 0.589. The molecular weight excluding hydrogens is 256 g/mol. The van der Waals surface area contributed by atoms with Gasteiger partial charge in [-0.2, -0.15) is 4.39 Å². The van der Waals surface area contributed by atoms with Gasteiger partial charge < -0.3 is 0 Å². The smallest absolute Gasteiger partial charge is 0.218 e. The number of halogens is 3. The minimum Gasteiger partial charge on any atom is -0.228 e. The topological polar surface area (TPSA) is 12.9 Å². The second kappa shape index (κ2) is 3.93. The molecule has 0 N–H and O–H groups in total. The fraction of sp³-hybridized carbons (Fsp3) is 0.444. The molecule has 0 fully saturated rings. The fourth-order valence-corrected chi connectivity index (χ4v) is 1.75. The summed E-state index contributed by atoms with van der Waals surface area (Å²) < 4.78 is 13.3. The van der Waals surface area contributed by atoms with Crippen molar-refractivity contribution in [2.45, 2.75) is 19.3 Å². The lowest BCUT2D eigenvalue weighted by molar-refractivity contribution is 0.506. The Labute approximate surface area is 90.4 Å². The Morgan fingerprint density at radius 3 is 2.69 bits per heavy atom. The van der Waals surface area contributed by atoms with Gasteiger partial charge in [-0.05, 0) is 6.07 Å². The molecule has 1 rings (SSSR count). The zero-order valence-electron chi connectivity index (χ0n) is 7.44.